The van der Waals surface area contributed by atoms with E-state index < -0.39 is 5.85 Å². The van der Waals surface area contributed by atoms with Gasteiger partial charge >= 0.3 is 0 Å². The average molecular weight is 288 g/mol. The maximum atomic E-state index is 11.0. The van der Waals surface area contributed by atoms with Gasteiger partial charge in [0, 0.05) is 4.47 Å². The average Bonchev–Trinajstić information content (AvgIpc) is 1.91. The molecule has 1 rings (SSSR count). The Hall–Kier alpha value is 0.510. The molecule has 0 saturated carbocycles. The van der Waals surface area contributed by atoms with Gasteiger partial charge in [0.1, 0.15) is 0 Å². The third-order valence-corrected chi connectivity index (χ3v) is 3.26. The van der Waals surface area contributed by atoms with Crippen molar-refractivity contribution < 1.29 is 4.57 Å². The molecule has 0 atom stereocenters. The SMILES string of the molecule is O=P(Cl)(Cl)Cc1ccc(Br)cc1. The van der Waals surface area contributed by atoms with E-state index in [9.17, 15) is 4.57 Å². The Morgan fingerprint density at radius 3 is 2.17 bits per heavy atom. The third kappa shape index (κ3) is 3.95. The van der Waals surface area contributed by atoms with Crippen LogP contribution < -0.4 is 0 Å². The summed E-state index contributed by atoms with van der Waals surface area (Å²) in [6, 6.07) is 7.39. The molecule has 0 radical (unpaired) electrons. The molecule has 12 heavy (non-hydrogen) atoms. The quantitative estimate of drug-likeness (QED) is 0.726. The van der Waals surface area contributed by atoms with E-state index in [1.165, 1.54) is 0 Å². The molecule has 0 fully saturated rings. The van der Waals surface area contributed by atoms with Gasteiger partial charge in [-0.1, -0.05) is 28.1 Å². The zero-order valence-electron chi connectivity index (χ0n) is 6.01. The largest absolute Gasteiger partial charge is 0.289 e. The van der Waals surface area contributed by atoms with Crippen LogP contribution in [0, 0.1) is 0 Å². The first-order valence-electron chi connectivity index (χ1n) is 3.20. The van der Waals surface area contributed by atoms with Crippen LogP contribution in [0.3, 0.4) is 0 Å². The molecule has 0 aliphatic heterocycles. The molecule has 5 heteroatoms. The van der Waals surface area contributed by atoms with E-state index in [1.54, 1.807) is 0 Å². The maximum absolute atomic E-state index is 11.0. The molecule has 1 aromatic rings. The Kier molecular flexibility index (Phi) is 3.66. The van der Waals surface area contributed by atoms with Gasteiger partial charge in [0.25, 0.3) is 5.85 Å². The van der Waals surface area contributed by atoms with Crippen molar-refractivity contribution in [1.82, 2.24) is 0 Å². The van der Waals surface area contributed by atoms with Gasteiger partial charge < -0.3 is 0 Å². The monoisotopic (exact) mass is 286 g/mol. The first-order chi connectivity index (χ1) is 5.47. The first-order valence-corrected chi connectivity index (χ1v) is 7.70. The number of benzene rings is 1. The van der Waals surface area contributed by atoms with E-state index in [0.717, 1.165) is 10.0 Å². The number of hydrogen-bond donors (Lipinski definition) is 0. The van der Waals surface area contributed by atoms with E-state index in [4.69, 9.17) is 22.5 Å². The van der Waals surface area contributed by atoms with Crippen LogP contribution in [-0.4, -0.2) is 0 Å². The van der Waals surface area contributed by atoms with Crippen LogP contribution in [0.15, 0.2) is 28.7 Å². The van der Waals surface area contributed by atoms with Gasteiger partial charge in [0.15, 0.2) is 0 Å². The first kappa shape index (κ1) is 10.6. The van der Waals surface area contributed by atoms with Crippen LogP contribution in [0.2, 0.25) is 0 Å². The van der Waals surface area contributed by atoms with Crippen LogP contribution in [0.5, 0.6) is 0 Å². The standard InChI is InChI=1S/C7H6BrCl2OP/c8-7-3-1-6(2-4-7)5-12(9,10)11/h1-4H,5H2. The minimum Gasteiger partial charge on any atom is -0.289 e. The Morgan fingerprint density at radius 1 is 1.25 bits per heavy atom. The fourth-order valence-electron chi connectivity index (χ4n) is 0.802. The van der Waals surface area contributed by atoms with Crippen molar-refractivity contribution >= 4 is 44.3 Å². The Labute approximate surface area is 89.1 Å². The van der Waals surface area contributed by atoms with Gasteiger partial charge in [-0.15, -0.1) is 0 Å². The molecule has 0 saturated heterocycles. The van der Waals surface area contributed by atoms with E-state index in [0.29, 0.717) is 0 Å². The maximum Gasteiger partial charge on any atom is 0.257 e. The minimum absolute atomic E-state index is 0.226. The van der Waals surface area contributed by atoms with Gasteiger partial charge in [-0.2, -0.15) is 0 Å². The number of rotatable bonds is 2. The summed E-state index contributed by atoms with van der Waals surface area (Å²) in [6.45, 7) is 0. The Morgan fingerprint density at radius 2 is 1.75 bits per heavy atom. The van der Waals surface area contributed by atoms with Crippen molar-refractivity contribution in [3.63, 3.8) is 0 Å². The summed E-state index contributed by atoms with van der Waals surface area (Å²) < 4.78 is 12.0. The fraction of sp³-hybridized carbons (Fsp3) is 0.143. The van der Waals surface area contributed by atoms with E-state index in [2.05, 4.69) is 15.9 Å². The third-order valence-electron chi connectivity index (χ3n) is 1.28. The van der Waals surface area contributed by atoms with Crippen molar-refractivity contribution in [2.24, 2.45) is 0 Å². The van der Waals surface area contributed by atoms with Crippen molar-refractivity contribution in [2.75, 3.05) is 0 Å². The van der Waals surface area contributed by atoms with E-state index in [1.807, 2.05) is 24.3 Å². The van der Waals surface area contributed by atoms with Crippen LogP contribution in [-0.2, 0) is 10.7 Å². The van der Waals surface area contributed by atoms with Gasteiger partial charge in [0.2, 0.25) is 0 Å². The molecule has 1 aromatic carbocycles. The number of halogens is 3. The van der Waals surface area contributed by atoms with Gasteiger partial charge in [-0.25, -0.2) is 0 Å². The van der Waals surface area contributed by atoms with Gasteiger partial charge in [0.05, 0.1) is 6.16 Å². The lowest BCUT2D eigenvalue weighted by Gasteiger charge is -2.01. The summed E-state index contributed by atoms with van der Waals surface area (Å²) in [7, 11) is 0. The molecule has 0 bridgehead atoms. The van der Waals surface area contributed by atoms with E-state index >= 15 is 0 Å². The zero-order chi connectivity index (χ0) is 9.19. The molecule has 0 heterocycles. The molecule has 0 aliphatic rings. The Balaban J connectivity index is 2.78. The second-order valence-corrected chi connectivity index (χ2v) is 8.52. The molecule has 1 nitrogen and oxygen atoms in total. The highest BCUT2D eigenvalue weighted by molar-refractivity contribution is 9.10. The van der Waals surface area contributed by atoms with Crippen LogP contribution in [0.25, 0.3) is 0 Å². The minimum atomic E-state index is -2.97. The molecule has 66 valence electrons. The second-order valence-electron chi connectivity index (χ2n) is 2.35. The van der Waals surface area contributed by atoms with Crippen molar-refractivity contribution in [1.29, 1.82) is 0 Å². The highest BCUT2D eigenvalue weighted by atomic mass is 79.9. The molecular weight excluding hydrogens is 282 g/mol. The lowest BCUT2D eigenvalue weighted by molar-refractivity contribution is 0.592. The van der Waals surface area contributed by atoms with Crippen LogP contribution in [0.1, 0.15) is 5.56 Å². The summed E-state index contributed by atoms with van der Waals surface area (Å²) in [5.41, 5.74) is 0.881. The fourth-order valence-corrected chi connectivity index (χ4v) is 2.53. The summed E-state index contributed by atoms with van der Waals surface area (Å²) in [5, 5.41) is 0. The molecule has 0 aromatic heterocycles. The highest BCUT2D eigenvalue weighted by Crippen LogP contribution is 2.59. The molecule has 0 amide bonds. The zero-order valence-corrected chi connectivity index (χ0v) is 10.00. The summed E-state index contributed by atoms with van der Waals surface area (Å²) in [5.74, 6) is -2.97. The normalized spacial score (nSPS) is 11.6. The molecule has 0 N–H and O–H groups in total. The summed E-state index contributed by atoms with van der Waals surface area (Å²) in [4.78, 5) is 0. The lowest BCUT2D eigenvalue weighted by atomic mass is 10.2. The van der Waals surface area contributed by atoms with Crippen molar-refractivity contribution in [3.8, 4) is 0 Å². The second kappa shape index (κ2) is 4.15. The summed E-state index contributed by atoms with van der Waals surface area (Å²) >= 11 is 14.1. The van der Waals surface area contributed by atoms with Crippen molar-refractivity contribution in [3.05, 3.63) is 34.3 Å². The number of hydrogen-bond acceptors (Lipinski definition) is 1. The highest BCUT2D eigenvalue weighted by Gasteiger charge is 2.13. The van der Waals surface area contributed by atoms with Crippen molar-refractivity contribution in [2.45, 2.75) is 6.16 Å². The van der Waals surface area contributed by atoms with Gasteiger partial charge in [-0.05, 0) is 40.2 Å². The molecule has 0 unspecified atom stereocenters. The topological polar surface area (TPSA) is 17.1 Å². The van der Waals surface area contributed by atoms with E-state index in [-0.39, 0.29) is 6.16 Å². The molecule has 0 aliphatic carbocycles. The smallest absolute Gasteiger partial charge is 0.257 e. The molecule has 0 spiro atoms. The van der Waals surface area contributed by atoms with Gasteiger partial charge in [-0.3, -0.25) is 4.57 Å². The van der Waals surface area contributed by atoms with Crippen LogP contribution >= 0.6 is 44.3 Å². The Bertz CT molecular complexity index is 306. The molecular formula is C7H6BrCl2OP. The summed E-state index contributed by atoms with van der Waals surface area (Å²) in [6.07, 6.45) is 0.226. The van der Waals surface area contributed by atoms with Crippen LogP contribution in [0.4, 0.5) is 0 Å². The lowest BCUT2D eigenvalue weighted by Crippen LogP contribution is -1.78. The predicted octanol–water partition coefficient (Wildman–Crippen LogP) is 4.62. The predicted molar refractivity (Wildman–Crippen MR) is 57.2 cm³/mol.